The van der Waals surface area contributed by atoms with E-state index in [2.05, 4.69) is 15.4 Å². The van der Waals surface area contributed by atoms with Crippen molar-refractivity contribution in [3.8, 4) is 6.01 Å². The molecule has 2 amide bonds. The van der Waals surface area contributed by atoms with Gasteiger partial charge in [0, 0.05) is 20.1 Å². The van der Waals surface area contributed by atoms with Crippen LogP contribution < -0.4 is 10.1 Å². The number of nitrogens with one attached hydrogen (secondary N) is 1. The highest BCUT2D eigenvalue weighted by molar-refractivity contribution is 5.90. The first-order valence-electron chi connectivity index (χ1n) is 8.76. The van der Waals surface area contributed by atoms with Crippen molar-refractivity contribution in [3.05, 3.63) is 41.7 Å². The Balaban J connectivity index is 1.60. The number of aromatic nitrogens is 3. The molecule has 2 saturated heterocycles. The third-order valence-corrected chi connectivity index (χ3v) is 5.16. The summed E-state index contributed by atoms with van der Waals surface area (Å²) in [5.74, 6) is -0.344. The van der Waals surface area contributed by atoms with Crippen LogP contribution in [0.4, 0.5) is 0 Å². The third kappa shape index (κ3) is 2.93. The van der Waals surface area contributed by atoms with E-state index in [0.29, 0.717) is 19.5 Å². The second-order valence-electron chi connectivity index (χ2n) is 6.73. The maximum atomic E-state index is 12.9. The molecule has 2 atom stereocenters. The van der Waals surface area contributed by atoms with Crippen molar-refractivity contribution >= 4 is 11.8 Å². The maximum absolute atomic E-state index is 12.9. The lowest BCUT2D eigenvalue weighted by Gasteiger charge is -2.50. The molecule has 4 rings (SSSR count). The fourth-order valence-electron chi connectivity index (χ4n) is 3.82. The molecule has 0 saturated carbocycles. The summed E-state index contributed by atoms with van der Waals surface area (Å²) in [6.07, 6.45) is 0.198. The van der Waals surface area contributed by atoms with E-state index >= 15 is 0 Å². The minimum Gasteiger partial charge on any atom is -0.467 e. The van der Waals surface area contributed by atoms with Gasteiger partial charge in [-0.3, -0.25) is 9.59 Å². The summed E-state index contributed by atoms with van der Waals surface area (Å²) < 4.78 is 12.3. The second kappa shape index (κ2) is 6.66. The monoisotopic (exact) mass is 371 g/mol. The van der Waals surface area contributed by atoms with Gasteiger partial charge < -0.3 is 19.7 Å². The molecule has 27 heavy (non-hydrogen) atoms. The number of amides is 2. The summed E-state index contributed by atoms with van der Waals surface area (Å²) in [5.41, 5.74) is 0.343. The van der Waals surface area contributed by atoms with E-state index in [9.17, 15) is 9.59 Å². The van der Waals surface area contributed by atoms with Crippen LogP contribution in [-0.2, 0) is 22.1 Å². The maximum Gasteiger partial charge on any atom is 0.314 e. The molecule has 2 fully saturated rings. The van der Waals surface area contributed by atoms with Crippen LogP contribution in [0, 0.1) is 0 Å². The number of piperidine rings is 1. The first-order chi connectivity index (χ1) is 13.0. The number of methoxy groups -OCH3 is 1. The molecule has 9 nitrogen and oxygen atoms in total. The van der Waals surface area contributed by atoms with Gasteiger partial charge in [0.15, 0.2) is 0 Å². The van der Waals surface area contributed by atoms with Crippen molar-refractivity contribution in [1.29, 1.82) is 0 Å². The SMILES string of the molecule is COc1nc(C(=O)N2CC[C@@]3(c4ccccc4)NC(=O)CO[C@@H]3C2)nn1C. The highest BCUT2D eigenvalue weighted by Gasteiger charge is 2.50. The number of rotatable bonds is 3. The fourth-order valence-corrected chi connectivity index (χ4v) is 3.82. The Morgan fingerprint density at radius 3 is 2.85 bits per heavy atom. The molecular weight excluding hydrogens is 350 g/mol. The van der Waals surface area contributed by atoms with Crippen molar-refractivity contribution in [2.75, 3.05) is 26.8 Å². The first-order valence-corrected chi connectivity index (χ1v) is 8.76. The Hall–Kier alpha value is -2.94. The zero-order chi connectivity index (χ0) is 19.0. The number of ether oxygens (including phenoxy) is 2. The number of benzene rings is 1. The van der Waals surface area contributed by atoms with Crippen LogP contribution in [0.15, 0.2) is 30.3 Å². The van der Waals surface area contributed by atoms with Gasteiger partial charge in [-0.25, -0.2) is 4.68 Å². The normalized spacial score (nSPS) is 24.9. The van der Waals surface area contributed by atoms with Crippen LogP contribution in [0.1, 0.15) is 22.6 Å². The Morgan fingerprint density at radius 1 is 1.37 bits per heavy atom. The number of carbonyl (C=O) groups excluding carboxylic acids is 2. The molecule has 1 aromatic heterocycles. The second-order valence-corrected chi connectivity index (χ2v) is 6.73. The van der Waals surface area contributed by atoms with Crippen LogP contribution in [0.5, 0.6) is 6.01 Å². The highest BCUT2D eigenvalue weighted by Crippen LogP contribution is 2.37. The standard InChI is InChI=1S/C18H21N5O4/c1-22-17(26-2)19-15(21-22)16(25)23-9-8-18(12-6-4-3-5-7-12)13(10-23)27-11-14(24)20-18/h3-7,13H,8-11H2,1-2H3,(H,20,24)/t13-,18+/m1/s1. The van der Waals surface area contributed by atoms with E-state index in [1.807, 2.05) is 30.3 Å². The van der Waals surface area contributed by atoms with Gasteiger partial charge in [0.25, 0.3) is 5.91 Å². The van der Waals surface area contributed by atoms with Gasteiger partial charge in [-0.2, -0.15) is 4.98 Å². The lowest BCUT2D eigenvalue weighted by Crippen LogP contribution is -2.67. The molecule has 0 radical (unpaired) electrons. The average Bonchev–Trinajstić information content (AvgIpc) is 3.08. The molecule has 1 N–H and O–H groups in total. The topological polar surface area (TPSA) is 98.6 Å². The van der Waals surface area contributed by atoms with E-state index in [4.69, 9.17) is 9.47 Å². The highest BCUT2D eigenvalue weighted by atomic mass is 16.5. The molecule has 3 heterocycles. The van der Waals surface area contributed by atoms with Gasteiger partial charge in [0.1, 0.15) is 12.7 Å². The summed E-state index contributed by atoms with van der Waals surface area (Å²) in [6.45, 7) is 0.778. The van der Waals surface area contributed by atoms with Crippen LogP contribution in [0.2, 0.25) is 0 Å². The van der Waals surface area contributed by atoms with Crippen LogP contribution >= 0.6 is 0 Å². The third-order valence-electron chi connectivity index (χ3n) is 5.16. The Bertz CT molecular complexity index is 868. The molecule has 2 aromatic rings. The zero-order valence-electron chi connectivity index (χ0n) is 15.2. The molecule has 9 heteroatoms. The molecule has 142 valence electrons. The van der Waals surface area contributed by atoms with Gasteiger partial charge in [-0.1, -0.05) is 30.3 Å². The number of morpholine rings is 1. The van der Waals surface area contributed by atoms with Crippen molar-refractivity contribution in [2.45, 2.75) is 18.1 Å². The molecule has 0 aliphatic carbocycles. The fraction of sp³-hybridized carbons (Fsp3) is 0.444. The van der Waals surface area contributed by atoms with E-state index in [1.54, 1.807) is 11.9 Å². The average molecular weight is 371 g/mol. The van der Waals surface area contributed by atoms with Gasteiger partial charge in [-0.15, -0.1) is 5.10 Å². The van der Waals surface area contributed by atoms with Crippen molar-refractivity contribution < 1.29 is 19.1 Å². The van der Waals surface area contributed by atoms with Gasteiger partial charge in [0.05, 0.1) is 12.6 Å². The molecule has 1 aromatic carbocycles. The Morgan fingerprint density at radius 2 is 2.15 bits per heavy atom. The minimum absolute atomic E-state index is 0.0169. The van der Waals surface area contributed by atoms with E-state index in [-0.39, 0.29) is 36.4 Å². The van der Waals surface area contributed by atoms with Crippen molar-refractivity contribution in [1.82, 2.24) is 25.0 Å². The quantitative estimate of drug-likeness (QED) is 0.821. The van der Waals surface area contributed by atoms with Crippen molar-refractivity contribution in [2.24, 2.45) is 7.05 Å². The summed E-state index contributed by atoms with van der Waals surface area (Å²) in [7, 11) is 3.14. The molecule has 0 unspecified atom stereocenters. The Labute approximate surface area is 156 Å². The molecule has 2 aliphatic rings. The van der Waals surface area contributed by atoms with E-state index in [0.717, 1.165) is 5.56 Å². The molecule has 0 spiro atoms. The summed E-state index contributed by atoms with van der Waals surface area (Å²) in [4.78, 5) is 30.7. The number of likely N-dealkylation sites (tertiary alicyclic amines) is 1. The number of hydrogen-bond donors (Lipinski definition) is 1. The van der Waals surface area contributed by atoms with Gasteiger partial charge in [-0.05, 0) is 12.0 Å². The summed E-state index contributed by atoms with van der Waals surface area (Å²) in [6, 6.07) is 10.0. The predicted octanol–water partition coefficient (Wildman–Crippen LogP) is 0.0801. The summed E-state index contributed by atoms with van der Waals surface area (Å²) in [5, 5.41) is 7.24. The number of nitrogens with zero attached hydrogens (tertiary/aromatic N) is 4. The van der Waals surface area contributed by atoms with Gasteiger partial charge in [0.2, 0.25) is 11.7 Å². The number of carbonyl (C=O) groups is 2. The molecule has 0 bridgehead atoms. The van der Waals surface area contributed by atoms with Crippen molar-refractivity contribution in [3.63, 3.8) is 0 Å². The first kappa shape index (κ1) is 17.5. The lowest BCUT2D eigenvalue weighted by atomic mass is 9.77. The Kier molecular flexibility index (Phi) is 4.31. The number of aryl methyl sites for hydroxylation is 1. The minimum atomic E-state index is -0.636. The largest absolute Gasteiger partial charge is 0.467 e. The summed E-state index contributed by atoms with van der Waals surface area (Å²) >= 11 is 0. The van der Waals surface area contributed by atoms with E-state index < -0.39 is 5.54 Å². The van der Waals surface area contributed by atoms with E-state index in [1.165, 1.54) is 11.8 Å². The predicted molar refractivity (Wildman–Crippen MR) is 94.1 cm³/mol. The molecular formula is C18H21N5O4. The molecule has 2 aliphatic heterocycles. The van der Waals surface area contributed by atoms with Crippen LogP contribution in [0.25, 0.3) is 0 Å². The lowest BCUT2D eigenvalue weighted by molar-refractivity contribution is -0.150. The van der Waals surface area contributed by atoms with Crippen LogP contribution in [-0.4, -0.2) is 64.4 Å². The zero-order valence-corrected chi connectivity index (χ0v) is 15.2. The number of fused-ring (bicyclic) bond motifs is 1. The smallest absolute Gasteiger partial charge is 0.314 e. The van der Waals surface area contributed by atoms with Crippen LogP contribution in [0.3, 0.4) is 0 Å². The number of hydrogen-bond acceptors (Lipinski definition) is 6. The van der Waals surface area contributed by atoms with Gasteiger partial charge >= 0.3 is 6.01 Å².